The molecule has 0 unspecified atom stereocenters. The Balaban J connectivity index is 1.83. The van der Waals surface area contributed by atoms with Gasteiger partial charge in [-0.05, 0) is 50.5 Å². The van der Waals surface area contributed by atoms with Gasteiger partial charge in [-0.3, -0.25) is 9.59 Å². The number of piperidine rings is 1. The van der Waals surface area contributed by atoms with E-state index in [4.69, 9.17) is 15.2 Å². The van der Waals surface area contributed by atoms with E-state index in [2.05, 4.69) is 12.2 Å². The van der Waals surface area contributed by atoms with E-state index in [1.165, 1.54) is 51.4 Å². The third-order valence-electron chi connectivity index (χ3n) is 8.18. The van der Waals surface area contributed by atoms with Gasteiger partial charge in [0.15, 0.2) is 0 Å². The molecular formula is C35H57N3O6. The number of rotatable bonds is 23. The monoisotopic (exact) mass is 615 g/mol. The van der Waals surface area contributed by atoms with Gasteiger partial charge in [-0.2, -0.15) is 0 Å². The van der Waals surface area contributed by atoms with E-state index >= 15 is 0 Å². The molecule has 1 heterocycles. The molecule has 3 amide bonds. The zero-order valence-corrected chi connectivity index (χ0v) is 27.1. The van der Waals surface area contributed by atoms with Crippen LogP contribution < -0.4 is 11.1 Å². The second-order valence-corrected chi connectivity index (χ2v) is 12.1. The molecule has 1 aromatic rings. The van der Waals surface area contributed by atoms with Crippen LogP contribution in [-0.4, -0.2) is 54.0 Å². The quantitative estimate of drug-likeness (QED) is 0.101. The number of unbranched alkanes of at least 4 members (excludes halogenated alkanes) is 10. The topological polar surface area (TPSA) is 128 Å². The summed E-state index contributed by atoms with van der Waals surface area (Å²) in [5.74, 6) is -1.49. The molecule has 0 aromatic heterocycles. The van der Waals surface area contributed by atoms with Crippen molar-refractivity contribution >= 4 is 23.9 Å². The largest absolute Gasteiger partial charge is 0.461 e. The van der Waals surface area contributed by atoms with Gasteiger partial charge in [-0.1, -0.05) is 101 Å². The van der Waals surface area contributed by atoms with E-state index < -0.39 is 24.0 Å². The smallest absolute Gasteiger partial charge is 0.328 e. The number of hydrogen-bond donors (Lipinski definition) is 2. The molecule has 0 radical (unpaired) electrons. The molecule has 44 heavy (non-hydrogen) atoms. The number of likely N-dealkylation sites (tertiary alicyclic amines) is 1. The molecule has 9 heteroatoms. The van der Waals surface area contributed by atoms with Gasteiger partial charge < -0.3 is 25.4 Å². The predicted molar refractivity (Wildman–Crippen MR) is 173 cm³/mol. The van der Waals surface area contributed by atoms with E-state index in [0.29, 0.717) is 25.9 Å². The fraction of sp³-hybridized carbons (Fsp3) is 0.714. The molecule has 2 rings (SSSR count). The maximum atomic E-state index is 13.3. The predicted octanol–water partition coefficient (Wildman–Crippen LogP) is 6.95. The van der Waals surface area contributed by atoms with Crippen molar-refractivity contribution in [2.24, 2.45) is 5.73 Å². The molecule has 1 aliphatic rings. The van der Waals surface area contributed by atoms with Gasteiger partial charge >= 0.3 is 18.0 Å². The number of nitrogens with two attached hydrogens (primary N) is 1. The Labute approximate surface area is 265 Å². The van der Waals surface area contributed by atoms with E-state index in [1.807, 2.05) is 30.3 Å². The summed E-state index contributed by atoms with van der Waals surface area (Å²) in [6, 6.07) is 8.19. The molecule has 1 aromatic carbocycles. The Morgan fingerprint density at radius 2 is 1.43 bits per heavy atom. The van der Waals surface area contributed by atoms with E-state index in [9.17, 15) is 19.2 Å². The summed E-state index contributed by atoms with van der Waals surface area (Å²) in [7, 11) is 0. The number of carbonyl (C=O) groups is 4. The Bertz CT molecular complexity index is 951. The zero-order chi connectivity index (χ0) is 31.8. The summed E-state index contributed by atoms with van der Waals surface area (Å²) in [6.45, 7) is 3.70. The Morgan fingerprint density at radius 3 is 2.05 bits per heavy atom. The van der Waals surface area contributed by atoms with Crippen LogP contribution in [0.25, 0.3) is 0 Å². The van der Waals surface area contributed by atoms with Crippen molar-refractivity contribution in [2.45, 2.75) is 148 Å². The van der Waals surface area contributed by atoms with Crippen LogP contribution in [0.1, 0.15) is 134 Å². The first-order valence-electron chi connectivity index (χ1n) is 17.1. The molecule has 0 aliphatic carbocycles. The van der Waals surface area contributed by atoms with Crippen molar-refractivity contribution < 1.29 is 28.7 Å². The molecule has 2 atom stereocenters. The van der Waals surface area contributed by atoms with Crippen molar-refractivity contribution in [2.75, 3.05) is 13.1 Å². The summed E-state index contributed by atoms with van der Waals surface area (Å²) in [5.41, 5.74) is 6.38. The number of ether oxygens (including phenoxy) is 2. The lowest BCUT2D eigenvalue weighted by Gasteiger charge is -2.29. The van der Waals surface area contributed by atoms with E-state index in [0.717, 1.165) is 44.1 Å². The molecule has 0 spiro atoms. The second kappa shape index (κ2) is 23.3. The number of carbonyl (C=O) groups excluding carboxylic acids is 4. The number of esters is 2. The van der Waals surface area contributed by atoms with Gasteiger partial charge in [0.25, 0.3) is 0 Å². The standard InChI is InChI=1S/C35H57N3O6/c1-2-3-4-5-6-7-8-9-10-11-16-22-30(27-32(36)39)44-34(41)31(37-35(42)38-25-17-13-18-26-38)23-19-24-33(40)43-28-29-20-14-12-15-21-29/h12,14-15,20-21,30-31H,2-11,13,16-19,22-28H2,1H3,(H2,36,39)(H,37,42)/t30-,31-/m0/s1. The van der Waals surface area contributed by atoms with Gasteiger partial charge in [-0.25, -0.2) is 9.59 Å². The highest BCUT2D eigenvalue weighted by Crippen LogP contribution is 2.17. The summed E-state index contributed by atoms with van der Waals surface area (Å²) in [5, 5.41) is 2.83. The molecule has 1 aliphatic heterocycles. The third kappa shape index (κ3) is 17.3. The summed E-state index contributed by atoms with van der Waals surface area (Å²) in [4.78, 5) is 52.1. The van der Waals surface area contributed by atoms with Crippen LogP contribution >= 0.6 is 0 Å². The molecule has 9 nitrogen and oxygen atoms in total. The lowest BCUT2D eigenvalue weighted by Crippen LogP contribution is -2.50. The normalized spacial score (nSPS) is 14.4. The van der Waals surface area contributed by atoms with Gasteiger partial charge in [-0.15, -0.1) is 0 Å². The first-order valence-corrected chi connectivity index (χ1v) is 17.1. The Morgan fingerprint density at radius 1 is 0.818 bits per heavy atom. The van der Waals surface area contributed by atoms with Gasteiger partial charge in [0, 0.05) is 19.5 Å². The first kappa shape index (κ1) is 37.1. The summed E-state index contributed by atoms with van der Waals surface area (Å²) >= 11 is 0. The number of hydrogen-bond acceptors (Lipinski definition) is 6. The van der Waals surface area contributed by atoms with E-state index in [-0.39, 0.29) is 37.9 Å². The number of amides is 3. The lowest BCUT2D eigenvalue weighted by molar-refractivity contribution is -0.153. The summed E-state index contributed by atoms with van der Waals surface area (Å²) < 4.78 is 11.1. The number of nitrogens with zero attached hydrogens (tertiary/aromatic N) is 1. The first-order chi connectivity index (χ1) is 21.4. The van der Waals surface area contributed by atoms with Crippen LogP contribution in [0.3, 0.4) is 0 Å². The second-order valence-electron chi connectivity index (χ2n) is 12.1. The van der Waals surface area contributed by atoms with Crippen molar-refractivity contribution in [3.8, 4) is 0 Å². The minimum atomic E-state index is -0.931. The highest BCUT2D eigenvalue weighted by Gasteiger charge is 2.28. The molecule has 3 N–H and O–H groups in total. The average Bonchev–Trinajstić information content (AvgIpc) is 3.02. The van der Waals surface area contributed by atoms with Crippen LogP contribution in [0.4, 0.5) is 4.79 Å². The van der Waals surface area contributed by atoms with Crippen LogP contribution in [-0.2, 0) is 30.5 Å². The summed E-state index contributed by atoms with van der Waals surface area (Å²) in [6.07, 6.45) is 16.7. The van der Waals surface area contributed by atoms with Crippen LogP contribution in [0.2, 0.25) is 0 Å². The van der Waals surface area contributed by atoms with Crippen LogP contribution in [0, 0.1) is 0 Å². The minimum absolute atomic E-state index is 0.0535. The number of nitrogens with one attached hydrogen (secondary N) is 1. The molecule has 0 bridgehead atoms. The number of urea groups is 1. The number of benzene rings is 1. The molecule has 1 saturated heterocycles. The number of primary amides is 1. The Hall–Kier alpha value is -3.10. The van der Waals surface area contributed by atoms with Gasteiger partial charge in [0.2, 0.25) is 5.91 Å². The van der Waals surface area contributed by atoms with Crippen molar-refractivity contribution in [3.05, 3.63) is 35.9 Å². The van der Waals surface area contributed by atoms with Crippen LogP contribution in [0.5, 0.6) is 0 Å². The van der Waals surface area contributed by atoms with Crippen molar-refractivity contribution in [3.63, 3.8) is 0 Å². The van der Waals surface area contributed by atoms with Crippen molar-refractivity contribution in [1.29, 1.82) is 0 Å². The highest BCUT2D eigenvalue weighted by molar-refractivity contribution is 5.84. The van der Waals surface area contributed by atoms with E-state index in [1.54, 1.807) is 4.90 Å². The maximum Gasteiger partial charge on any atom is 0.328 e. The molecule has 248 valence electrons. The highest BCUT2D eigenvalue weighted by atomic mass is 16.5. The molecule has 0 saturated carbocycles. The zero-order valence-electron chi connectivity index (χ0n) is 27.1. The molecule has 1 fully saturated rings. The maximum absolute atomic E-state index is 13.3. The third-order valence-corrected chi connectivity index (χ3v) is 8.18. The minimum Gasteiger partial charge on any atom is -0.461 e. The van der Waals surface area contributed by atoms with Gasteiger partial charge in [0.1, 0.15) is 18.8 Å². The lowest BCUT2D eigenvalue weighted by atomic mass is 10.0. The Kier molecular flexibility index (Phi) is 19.6. The molecular weight excluding hydrogens is 558 g/mol. The average molecular weight is 616 g/mol. The fourth-order valence-corrected chi connectivity index (χ4v) is 5.56. The van der Waals surface area contributed by atoms with Crippen LogP contribution in [0.15, 0.2) is 30.3 Å². The van der Waals surface area contributed by atoms with Gasteiger partial charge in [0.05, 0.1) is 6.42 Å². The fourth-order valence-electron chi connectivity index (χ4n) is 5.56. The SMILES string of the molecule is CCCCCCCCCCCCC[C@@H](CC(N)=O)OC(=O)[C@H](CCCC(=O)OCc1ccccc1)NC(=O)N1CCCCC1. The van der Waals surface area contributed by atoms with Crippen molar-refractivity contribution in [1.82, 2.24) is 10.2 Å².